The number of carboxylic acid groups (broad SMARTS) is 4. The number of carbonyl (C=O) groups is 15. The molecule has 0 saturated carbocycles. The lowest BCUT2D eigenvalue weighted by molar-refractivity contribution is -0.148. The van der Waals surface area contributed by atoms with E-state index in [0.717, 1.165) is 37.4 Å². The third-order valence-electron chi connectivity index (χ3n) is 15.0. The van der Waals surface area contributed by atoms with Gasteiger partial charge in [0.2, 0.25) is 65.0 Å². The quantitative estimate of drug-likeness (QED) is 0.0441. The molecule has 11 amide bonds. The fraction of sp³-hybridized carbons (Fsp3) is 0.644. The number of amides is 11. The highest BCUT2D eigenvalue weighted by molar-refractivity contribution is 7.99. The number of primary amides is 1. The zero-order chi connectivity index (χ0) is 71.4. The van der Waals surface area contributed by atoms with Gasteiger partial charge >= 0.3 is 23.9 Å². The number of aliphatic carboxylic acids is 4. The van der Waals surface area contributed by atoms with Gasteiger partial charge in [-0.25, -0.2) is 0 Å². The number of thioether (sulfide) groups is 2. The molecule has 2 heterocycles. The number of nitrogens with zero attached hydrogens (tertiary/aromatic N) is 1. The summed E-state index contributed by atoms with van der Waals surface area (Å²) in [6.07, 6.45) is -7.10. The summed E-state index contributed by atoms with van der Waals surface area (Å²) in [5.41, 5.74) is 12.7. The lowest BCUT2D eigenvalue weighted by Gasteiger charge is -2.35. The van der Waals surface area contributed by atoms with Crippen molar-refractivity contribution < 1.29 is 103 Å². The Bertz CT molecular complexity index is 2910. The summed E-state index contributed by atoms with van der Waals surface area (Å²) < 4.78 is 0. The van der Waals surface area contributed by atoms with E-state index in [1.807, 2.05) is 0 Å². The predicted octanol–water partition coefficient (Wildman–Crippen LogP) is -4.20. The highest BCUT2D eigenvalue weighted by atomic mass is 32.2. The lowest BCUT2D eigenvalue weighted by atomic mass is 10.0. The van der Waals surface area contributed by atoms with Gasteiger partial charge in [-0.05, 0) is 81.8 Å². The van der Waals surface area contributed by atoms with Gasteiger partial charge in [0.15, 0.2) is 0 Å². The van der Waals surface area contributed by atoms with E-state index in [9.17, 15) is 103 Å². The summed E-state index contributed by atoms with van der Waals surface area (Å²) in [6, 6.07) is -10.6. The minimum absolute atomic E-state index is 0.0494. The van der Waals surface area contributed by atoms with Crippen LogP contribution in [0.2, 0.25) is 0 Å². The minimum atomic E-state index is -2.01. The van der Waals surface area contributed by atoms with Gasteiger partial charge in [-0.3, -0.25) is 76.8 Å². The second-order valence-corrected chi connectivity index (χ2v) is 26.1. The molecule has 530 valence electrons. The van der Waals surface area contributed by atoms with Crippen molar-refractivity contribution in [3.8, 4) is 0 Å². The number of nitrogens with one attached hydrogen (secondary N) is 10. The van der Waals surface area contributed by atoms with Crippen LogP contribution < -0.4 is 64.6 Å². The second-order valence-electron chi connectivity index (χ2n) is 24.0. The van der Waals surface area contributed by atoms with Crippen LogP contribution >= 0.6 is 23.5 Å². The maximum absolute atomic E-state index is 14.6. The Hall–Kier alpha value is -8.19. The van der Waals surface area contributed by atoms with Crippen molar-refractivity contribution in [2.45, 2.75) is 202 Å². The van der Waals surface area contributed by atoms with Crippen molar-refractivity contribution in [1.29, 1.82) is 0 Å². The molecule has 0 radical (unpaired) electrons. The zero-order valence-electron chi connectivity index (χ0n) is 53.7. The molecule has 0 aromatic heterocycles. The Morgan fingerprint density at radius 3 is 1.76 bits per heavy atom. The summed E-state index contributed by atoms with van der Waals surface area (Å²) >= 11 is 2.13. The van der Waals surface area contributed by atoms with Gasteiger partial charge in [-0.2, -0.15) is 23.5 Å². The normalized spacial score (nSPS) is 23.8. The van der Waals surface area contributed by atoms with Crippen molar-refractivity contribution >= 4 is 112 Å². The third kappa shape index (κ3) is 28.7. The molecule has 13 atom stereocenters. The topological polar surface area (TPSA) is 553 Å². The number of aliphatic hydroxyl groups excluding tert-OH is 2. The van der Waals surface area contributed by atoms with Crippen LogP contribution in [0.3, 0.4) is 0 Å². The number of hydrogen-bond acceptors (Lipinski definition) is 21. The van der Waals surface area contributed by atoms with Gasteiger partial charge in [0.25, 0.3) is 0 Å². The SMILES string of the molecule is CC(C)C[C@H](NC(=O)[C@@H]1CSCc2ccccc2CSC[C@H](NC(=O)[C@H](CCC(N)=O)NC(=O)[C@@H](N)CC(C)C)C(=O)N[C@@H](CC(=O)O)C(=O)N[C@@H](C)C(=O)N[C@@H](CCC(=O)O)C(=O)N[C@@H]([C@H](C)O)C(=O)NCC(=O)N[C@@H](CCC(=O)O)C(=O)N1)C(O)N1CCC[C@H]1C(=O)O. The van der Waals surface area contributed by atoms with Crippen molar-refractivity contribution in [3.05, 3.63) is 35.4 Å². The summed E-state index contributed by atoms with van der Waals surface area (Å²) in [6.45, 7) is 8.46. The van der Waals surface area contributed by atoms with E-state index in [-0.39, 0.29) is 67.1 Å². The van der Waals surface area contributed by atoms with Gasteiger partial charge in [0.1, 0.15) is 60.6 Å². The third-order valence-corrected chi connectivity index (χ3v) is 17.2. The van der Waals surface area contributed by atoms with E-state index in [1.54, 1.807) is 52.0 Å². The first-order chi connectivity index (χ1) is 44.6. The molecule has 3 rings (SSSR count). The summed E-state index contributed by atoms with van der Waals surface area (Å²) in [4.78, 5) is 201. The molecule has 1 saturated heterocycles. The molecule has 0 bridgehead atoms. The van der Waals surface area contributed by atoms with Crippen LogP contribution in [-0.2, 0) is 83.4 Å². The first-order valence-corrected chi connectivity index (χ1v) is 33.2. The fourth-order valence-corrected chi connectivity index (χ4v) is 12.2. The number of fused-ring (bicyclic) bond motifs is 1. The Morgan fingerprint density at radius 2 is 1.21 bits per heavy atom. The minimum Gasteiger partial charge on any atom is -0.481 e. The number of hydrogen-bond donors (Lipinski definition) is 18. The van der Waals surface area contributed by atoms with Gasteiger partial charge < -0.3 is 95.3 Å². The Morgan fingerprint density at radius 1 is 0.653 bits per heavy atom. The highest BCUT2D eigenvalue weighted by Gasteiger charge is 2.41. The summed E-state index contributed by atoms with van der Waals surface area (Å²) in [7, 11) is 0. The number of aliphatic hydroxyl groups is 2. The largest absolute Gasteiger partial charge is 0.481 e. The Labute approximate surface area is 556 Å². The highest BCUT2D eigenvalue weighted by Crippen LogP contribution is 2.25. The molecule has 1 unspecified atom stereocenters. The average molecular weight is 1380 g/mol. The van der Waals surface area contributed by atoms with Crippen molar-refractivity contribution in [1.82, 2.24) is 58.1 Å². The van der Waals surface area contributed by atoms with Gasteiger partial charge in [-0.15, -0.1) is 0 Å². The molecule has 1 aromatic carbocycles. The molecule has 95 heavy (non-hydrogen) atoms. The zero-order valence-corrected chi connectivity index (χ0v) is 55.3. The predicted molar refractivity (Wildman–Crippen MR) is 341 cm³/mol. The van der Waals surface area contributed by atoms with Gasteiger partial charge in [-0.1, -0.05) is 52.0 Å². The van der Waals surface area contributed by atoms with Crippen LogP contribution in [0.25, 0.3) is 0 Å². The lowest BCUT2D eigenvalue weighted by Crippen LogP contribution is -2.61. The maximum Gasteiger partial charge on any atom is 0.320 e. The van der Waals surface area contributed by atoms with E-state index >= 15 is 0 Å². The molecule has 0 aliphatic carbocycles. The van der Waals surface area contributed by atoms with E-state index in [4.69, 9.17) is 11.5 Å². The number of benzene rings is 1. The first kappa shape index (κ1) is 81.0. The van der Waals surface area contributed by atoms with Crippen LogP contribution in [0.5, 0.6) is 0 Å². The molecule has 36 heteroatoms. The number of carboxylic acids is 4. The molecule has 1 aromatic rings. The number of carbonyl (C=O) groups excluding carboxylic acids is 11. The molecule has 2 aliphatic rings. The molecule has 0 spiro atoms. The molecular weight excluding hydrogens is 1290 g/mol. The van der Waals surface area contributed by atoms with Crippen LogP contribution in [0.4, 0.5) is 0 Å². The van der Waals surface area contributed by atoms with Crippen LogP contribution in [-0.4, -0.2) is 228 Å². The Balaban J connectivity index is 2.23. The van der Waals surface area contributed by atoms with Crippen molar-refractivity contribution in [2.75, 3.05) is 24.6 Å². The Kier molecular flexibility index (Phi) is 34.3. The number of likely N-dealkylation sites (tertiary alicyclic amines) is 1. The monoisotopic (exact) mass is 1380 g/mol. The van der Waals surface area contributed by atoms with Gasteiger partial charge in [0, 0.05) is 48.8 Å². The van der Waals surface area contributed by atoms with E-state index in [0.29, 0.717) is 17.5 Å². The van der Waals surface area contributed by atoms with Crippen LogP contribution in [0.15, 0.2) is 24.3 Å². The van der Waals surface area contributed by atoms with E-state index in [1.165, 1.54) is 4.90 Å². The molecule has 2 aliphatic heterocycles. The average Bonchev–Trinajstić information content (AvgIpc) is 1.80. The van der Waals surface area contributed by atoms with Gasteiger partial charge in [0.05, 0.1) is 31.2 Å². The van der Waals surface area contributed by atoms with Crippen LogP contribution in [0, 0.1) is 11.8 Å². The summed E-state index contributed by atoms with van der Waals surface area (Å²) in [5.74, 6) is -18.5. The number of nitrogens with two attached hydrogens (primary N) is 2. The smallest absolute Gasteiger partial charge is 0.320 e. The first-order valence-electron chi connectivity index (χ1n) is 30.8. The van der Waals surface area contributed by atoms with E-state index < -0.39 is 213 Å². The van der Waals surface area contributed by atoms with Crippen LogP contribution in [0.1, 0.15) is 123 Å². The molecule has 34 nitrogen and oxygen atoms in total. The van der Waals surface area contributed by atoms with Crippen molar-refractivity contribution in [3.63, 3.8) is 0 Å². The maximum atomic E-state index is 14.6. The molecule has 1 fully saturated rings. The molecule has 20 N–H and O–H groups in total. The van der Waals surface area contributed by atoms with E-state index in [2.05, 4.69) is 53.2 Å². The van der Waals surface area contributed by atoms with Crippen molar-refractivity contribution in [2.24, 2.45) is 23.3 Å². The number of rotatable bonds is 25. The summed E-state index contributed by atoms with van der Waals surface area (Å²) in [5, 5.41) is 85.2. The standard InChI is InChI=1S/C59H91N13O21S2/c1-28(2)20-34(60)50(83)66-36(13-16-43(61)74)52(85)70-40-26-94-24-32-10-7-8-11-33(32)25-95-27-41(56(89)68-39(21-29(3)4)58(91)72-19-9-12-42(72)59(92)93)69-51(84)35(14-17-45(76)77)64-44(75)23-62-57(90)48(31(6)73)71-53(86)37(15-18-46(78)79)65-49(82)30(5)63-54(87)38(22-47(80)81)67-55(40)88/h7-8,10-11,28-31,34-42,48,58,73,91H,9,12-27,60H2,1-6H3,(H2,61,74)(H,62,90)(H,63,87)(H,64,75)(H,65,82)(H,66,83)(H,67,88)(H,68,89)(H,69,84)(H,70,85)(H,71,86)(H,76,77)(H,78,79)(H,80,81)(H,92,93)/t30-,31-,34-,35-,36-,37-,38-,39-,40-,41-,42-,48-,58?/m0/s1. The molecular formula is C59H91N13O21S2. The fourth-order valence-electron chi connectivity index (χ4n) is 10.0. The second kappa shape index (κ2) is 40.3.